The van der Waals surface area contributed by atoms with E-state index in [9.17, 15) is 9.90 Å². The Morgan fingerprint density at radius 2 is 1.85 bits per heavy atom. The first-order valence-corrected chi connectivity index (χ1v) is 8.82. The number of nitrogens with two attached hydrogens (primary N) is 1. The van der Waals surface area contributed by atoms with Crippen LogP contribution in [0, 0.1) is 0 Å². The molecule has 4 heteroatoms. The lowest BCUT2D eigenvalue weighted by Gasteiger charge is -2.17. The molecule has 4 nitrogen and oxygen atoms in total. The minimum Gasteiger partial charge on any atom is -0.507 e. The molecule has 0 saturated heterocycles. The number of phenolic OH excluding ortho intramolecular Hbond substituents is 1. The van der Waals surface area contributed by atoms with Crippen molar-refractivity contribution < 1.29 is 14.6 Å². The molecule has 0 aliphatic rings. The minimum absolute atomic E-state index is 0.138. The maximum atomic E-state index is 12.4. The predicted octanol–water partition coefficient (Wildman–Crippen LogP) is 4.73. The van der Waals surface area contributed by atoms with E-state index in [0.717, 1.165) is 11.1 Å². The lowest BCUT2D eigenvalue weighted by atomic mass is 9.97. The van der Waals surface area contributed by atoms with Crippen LogP contribution in [0.25, 0.3) is 6.08 Å². The van der Waals surface area contributed by atoms with Gasteiger partial charge in [-0.05, 0) is 67.8 Å². The molecule has 140 valence electrons. The molecule has 0 aromatic heterocycles. The molecule has 0 radical (unpaired) electrons. The van der Waals surface area contributed by atoms with Gasteiger partial charge in [0.1, 0.15) is 11.5 Å². The molecule has 2 rings (SSSR count). The van der Waals surface area contributed by atoms with Gasteiger partial charge in [0.25, 0.3) is 0 Å². The average Bonchev–Trinajstić information content (AvgIpc) is 2.66. The number of benzene rings is 2. The number of hydrogen-bond acceptors (Lipinski definition) is 4. The van der Waals surface area contributed by atoms with Crippen LogP contribution in [0.15, 0.2) is 61.7 Å². The van der Waals surface area contributed by atoms with E-state index in [4.69, 9.17) is 10.5 Å². The predicted molar refractivity (Wildman–Crippen MR) is 111 cm³/mol. The van der Waals surface area contributed by atoms with E-state index < -0.39 is 0 Å². The number of ether oxygens (including phenoxy) is 1. The Kier molecular flexibility index (Phi) is 7.00. The van der Waals surface area contributed by atoms with E-state index in [2.05, 4.69) is 13.2 Å². The van der Waals surface area contributed by atoms with Crippen molar-refractivity contribution in [1.29, 1.82) is 0 Å². The zero-order valence-electron chi connectivity index (χ0n) is 15.6. The summed E-state index contributed by atoms with van der Waals surface area (Å²) in [7, 11) is 0. The highest BCUT2D eigenvalue weighted by Gasteiger charge is 2.16. The summed E-state index contributed by atoms with van der Waals surface area (Å²) in [5.74, 6) is 0.602. The highest BCUT2D eigenvalue weighted by molar-refractivity contribution is 6.07. The Labute approximate surface area is 160 Å². The third kappa shape index (κ3) is 4.88. The normalized spacial score (nSPS) is 10.7. The van der Waals surface area contributed by atoms with Crippen LogP contribution in [0.1, 0.15) is 34.0 Å². The lowest BCUT2D eigenvalue weighted by Crippen LogP contribution is -2.02. The molecule has 0 heterocycles. The molecular formula is C23H25NO3. The minimum atomic E-state index is -0.138. The Morgan fingerprint density at radius 3 is 2.44 bits per heavy atom. The summed E-state index contributed by atoms with van der Waals surface area (Å²) in [6.07, 6.45) is 7.61. The quantitative estimate of drug-likeness (QED) is 0.292. The van der Waals surface area contributed by atoms with Crippen molar-refractivity contribution in [2.24, 2.45) is 0 Å². The summed E-state index contributed by atoms with van der Waals surface area (Å²) in [4.78, 5) is 12.4. The second kappa shape index (κ2) is 9.43. The molecule has 2 aromatic carbocycles. The highest BCUT2D eigenvalue weighted by Crippen LogP contribution is 2.37. The molecule has 0 aliphatic carbocycles. The standard InChI is InChI=1S/C23H25NO3/c1-4-7-17-15-18(23(27-6-3)20(8-5-2)22(17)26)11-14-21(25)16-9-12-19(24)13-10-16/h4-5,9-15,26H,1-2,6-8,24H2,3H3. The van der Waals surface area contributed by atoms with Gasteiger partial charge in [-0.2, -0.15) is 0 Å². The maximum absolute atomic E-state index is 12.4. The summed E-state index contributed by atoms with van der Waals surface area (Å²) >= 11 is 0. The van der Waals surface area contributed by atoms with E-state index in [1.165, 1.54) is 6.08 Å². The van der Waals surface area contributed by atoms with E-state index in [0.29, 0.717) is 42.0 Å². The van der Waals surface area contributed by atoms with Gasteiger partial charge in [0.05, 0.1) is 6.61 Å². The summed E-state index contributed by atoms with van der Waals surface area (Å²) in [6.45, 7) is 9.81. The number of ketones is 1. The largest absolute Gasteiger partial charge is 0.507 e. The van der Waals surface area contributed by atoms with Gasteiger partial charge in [0.15, 0.2) is 5.78 Å². The van der Waals surface area contributed by atoms with Crippen molar-refractivity contribution in [3.05, 3.63) is 84.0 Å². The number of rotatable bonds is 9. The van der Waals surface area contributed by atoms with Crippen LogP contribution in [0.5, 0.6) is 11.5 Å². The Balaban J connectivity index is 2.48. The van der Waals surface area contributed by atoms with Gasteiger partial charge in [0, 0.05) is 22.4 Å². The molecule has 0 saturated carbocycles. The zero-order valence-corrected chi connectivity index (χ0v) is 15.6. The fourth-order valence-electron chi connectivity index (χ4n) is 2.79. The van der Waals surface area contributed by atoms with Gasteiger partial charge in [-0.3, -0.25) is 4.79 Å². The number of nitrogen functional groups attached to an aromatic ring is 1. The maximum Gasteiger partial charge on any atom is 0.185 e. The van der Waals surface area contributed by atoms with Crippen LogP contribution in [0.3, 0.4) is 0 Å². The van der Waals surface area contributed by atoms with Gasteiger partial charge < -0.3 is 15.6 Å². The molecule has 0 aliphatic heterocycles. The molecule has 0 spiro atoms. The van der Waals surface area contributed by atoms with Crippen LogP contribution in [0.2, 0.25) is 0 Å². The number of aromatic hydroxyl groups is 1. The van der Waals surface area contributed by atoms with Crippen molar-refractivity contribution in [3.8, 4) is 11.5 Å². The number of anilines is 1. The van der Waals surface area contributed by atoms with Crippen molar-refractivity contribution >= 4 is 17.5 Å². The summed E-state index contributed by atoms with van der Waals surface area (Å²) in [6, 6.07) is 8.58. The summed E-state index contributed by atoms with van der Waals surface area (Å²) < 4.78 is 5.78. The lowest BCUT2D eigenvalue weighted by molar-refractivity contribution is 0.104. The Bertz CT molecular complexity index is 864. The fourth-order valence-corrected chi connectivity index (χ4v) is 2.79. The summed E-state index contributed by atoms with van der Waals surface area (Å²) in [5, 5.41) is 10.6. The van der Waals surface area contributed by atoms with E-state index in [-0.39, 0.29) is 11.5 Å². The molecular weight excluding hydrogens is 338 g/mol. The van der Waals surface area contributed by atoms with Crippen LogP contribution < -0.4 is 10.5 Å². The molecule has 2 aromatic rings. The second-order valence-corrected chi connectivity index (χ2v) is 6.02. The van der Waals surface area contributed by atoms with Gasteiger partial charge in [-0.15, -0.1) is 13.2 Å². The first kappa shape index (κ1) is 20.0. The fraction of sp³-hybridized carbons (Fsp3) is 0.174. The number of allylic oxidation sites excluding steroid dienone is 3. The molecule has 27 heavy (non-hydrogen) atoms. The first-order chi connectivity index (χ1) is 13.0. The summed E-state index contributed by atoms with van der Waals surface area (Å²) in [5.41, 5.74) is 8.94. The van der Waals surface area contributed by atoms with E-state index in [1.807, 2.05) is 13.0 Å². The number of hydrogen-bond donors (Lipinski definition) is 2. The molecule has 0 bridgehead atoms. The Morgan fingerprint density at radius 1 is 1.19 bits per heavy atom. The third-order valence-electron chi connectivity index (χ3n) is 4.07. The SMILES string of the molecule is C=CCc1cc(C=CC(=O)c2ccc(N)cc2)c(OCC)c(CC=C)c1O. The van der Waals surface area contributed by atoms with Gasteiger partial charge in [0.2, 0.25) is 0 Å². The molecule has 3 N–H and O–H groups in total. The van der Waals surface area contributed by atoms with Crippen molar-refractivity contribution in [3.63, 3.8) is 0 Å². The first-order valence-electron chi connectivity index (χ1n) is 8.82. The number of carbonyl (C=O) groups excluding carboxylic acids is 1. The van der Waals surface area contributed by atoms with Gasteiger partial charge >= 0.3 is 0 Å². The third-order valence-corrected chi connectivity index (χ3v) is 4.07. The van der Waals surface area contributed by atoms with Crippen molar-refractivity contribution in [1.82, 2.24) is 0 Å². The van der Waals surface area contributed by atoms with Gasteiger partial charge in [-0.25, -0.2) is 0 Å². The van der Waals surface area contributed by atoms with Gasteiger partial charge in [-0.1, -0.05) is 12.2 Å². The van der Waals surface area contributed by atoms with Crippen LogP contribution >= 0.6 is 0 Å². The average molecular weight is 363 g/mol. The topological polar surface area (TPSA) is 72.6 Å². The van der Waals surface area contributed by atoms with Crippen molar-refractivity contribution in [2.45, 2.75) is 19.8 Å². The number of carbonyl (C=O) groups is 1. The molecule has 0 unspecified atom stereocenters. The van der Waals surface area contributed by atoms with E-state index in [1.54, 1.807) is 42.5 Å². The molecule has 0 fully saturated rings. The molecule has 0 amide bonds. The van der Waals surface area contributed by atoms with Crippen LogP contribution in [-0.2, 0) is 12.8 Å². The monoisotopic (exact) mass is 363 g/mol. The zero-order chi connectivity index (χ0) is 19.8. The van der Waals surface area contributed by atoms with Crippen LogP contribution in [-0.4, -0.2) is 17.5 Å². The Hall–Kier alpha value is -3.27. The number of phenols is 1. The smallest absolute Gasteiger partial charge is 0.185 e. The van der Waals surface area contributed by atoms with E-state index >= 15 is 0 Å². The van der Waals surface area contributed by atoms with Crippen molar-refractivity contribution in [2.75, 3.05) is 12.3 Å². The molecule has 0 atom stereocenters. The van der Waals surface area contributed by atoms with Crippen LogP contribution in [0.4, 0.5) is 5.69 Å². The highest BCUT2D eigenvalue weighted by atomic mass is 16.5. The second-order valence-electron chi connectivity index (χ2n) is 6.02.